The number of benzene rings is 3. The number of halogens is 1. The van der Waals surface area contributed by atoms with Crippen LogP contribution in [0.5, 0.6) is 0 Å². The van der Waals surface area contributed by atoms with Gasteiger partial charge in [-0.05, 0) is 49.7 Å². The fraction of sp³-hybridized carbons (Fsp3) is 0.167. The lowest BCUT2D eigenvalue weighted by Gasteiger charge is -2.31. The predicted molar refractivity (Wildman–Crippen MR) is 110 cm³/mol. The lowest BCUT2D eigenvalue weighted by Crippen LogP contribution is -2.39. The summed E-state index contributed by atoms with van der Waals surface area (Å²) in [6, 6.07) is 18.7. The van der Waals surface area contributed by atoms with Gasteiger partial charge in [0.25, 0.3) is 5.91 Å². The molecule has 0 unspecified atom stereocenters. The van der Waals surface area contributed by atoms with Crippen LogP contribution >= 0.6 is 0 Å². The van der Waals surface area contributed by atoms with Gasteiger partial charge in [-0.3, -0.25) is 9.59 Å². The van der Waals surface area contributed by atoms with Gasteiger partial charge < -0.3 is 10.2 Å². The van der Waals surface area contributed by atoms with Crippen molar-refractivity contribution in [3.05, 3.63) is 100 Å². The molecule has 1 atom stereocenters. The van der Waals surface area contributed by atoms with E-state index in [-0.39, 0.29) is 18.4 Å². The summed E-state index contributed by atoms with van der Waals surface area (Å²) in [7, 11) is 0. The summed E-state index contributed by atoms with van der Waals surface area (Å²) in [5, 5.41) is 2.81. The maximum Gasteiger partial charge on any atom is 0.255 e. The van der Waals surface area contributed by atoms with E-state index in [1.807, 2.05) is 62.4 Å². The number of fused-ring (bicyclic) bond motifs is 1. The maximum absolute atomic E-state index is 14.2. The van der Waals surface area contributed by atoms with Crippen LogP contribution in [0.3, 0.4) is 0 Å². The molecule has 0 radical (unpaired) electrons. The number of rotatable bonds is 2. The molecule has 0 aromatic heterocycles. The minimum Gasteiger partial charge on any atom is -0.324 e. The van der Waals surface area contributed by atoms with E-state index in [2.05, 4.69) is 5.32 Å². The Labute approximate surface area is 169 Å². The van der Waals surface area contributed by atoms with Crippen LogP contribution in [0, 0.1) is 19.7 Å². The monoisotopic (exact) mass is 388 g/mol. The van der Waals surface area contributed by atoms with Crippen LogP contribution < -0.4 is 5.32 Å². The number of hydrogen-bond acceptors (Lipinski definition) is 2. The van der Waals surface area contributed by atoms with E-state index < -0.39 is 11.9 Å². The molecule has 0 bridgehead atoms. The van der Waals surface area contributed by atoms with Crippen molar-refractivity contribution in [2.24, 2.45) is 0 Å². The van der Waals surface area contributed by atoms with Crippen LogP contribution in [0.2, 0.25) is 0 Å². The quantitative estimate of drug-likeness (QED) is 0.696. The van der Waals surface area contributed by atoms with Gasteiger partial charge in [-0.1, -0.05) is 47.5 Å². The number of nitrogens with zero attached hydrogens (tertiary/aromatic N) is 1. The van der Waals surface area contributed by atoms with Gasteiger partial charge >= 0.3 is 0 Å². The second-order valence-electron chi connectivity index (χ2n) is 7.40. The number of amides is 2. The second-order valence-corrected chi connectivity index (χ2v) is 7.40. The van der Waals surface area contributed by atoms with Crippen molar-refractivity contribution >= 4 is 17.5 Å². The summed E-state index contributed by atoms with van der Waals surface area (Å²) in [5.41, 5.74) is 4.33. The van der Waals surface area contributed by atoms with Crippen molar-refractivity contribution in [3.8, 4) is 0 Å². The highest BCUT2D eigenvalue weighted by Crippen LogP contribution is 2.37. The molecule has 1 N–H and O–H groups in total. The smallest absolute Gasteiger partial charge is 0.255 e. The van der Waals surface area contributed by atoms with E-state index in [1.165, 1.54) is 17.0 Å². The normalized spacial score (nSPS) is 16.0. The van der Waals surface area contributed by atoms with Gasteiger partial charge in [-0.2, -0.15) is 0 Å². The zero-order chi connectivity index (χ0) is 20.5. The fourth-order valence-corrected chi connectivity index (χ4v) is 3.93. The summed E-state index contributed by atoms with van der Waals surface area (Å²) < 4.78 is 14.2. The highest BCUT2D eigenvalue weighted by atomic mass is 19.1. The van der Waals surface area contributed by atoms with Crippen molar-refractivity contribution < 1.29 is 14.0 Å². The SMILES string of the molecule is Cc1cc(C)cc(C(=O)N2CC(=O)Nc3ccc(F)cc3[C@H]2c2ccccc2)c1. The topological polar surface area (TPSA) is 49.4 Å². The first-order valence-electron chi connectivity index (χ1n) is 9.46. The number of carbonyl (C=O) groups excluding carboxylic acids is 2. The third-order valence-corrected chi connectivity index (χ3v) is 5.05. The molecule has 1 aliphatic heterocycles. The van der Waals surface area contributed by atoms with E-state index in [0.717, 1.165) is 16.7 Å². The molecule has 5 heteroatoms. The van der Waals surface area contributed by atoms with Crippen LogP contribution in [-0.2, 0) is 4.79 Å². The van der Waals surface area contributed by atoms with Crippen molar-refractivity contribution in [1.29, 1.82) is 0 Å². The van der Waals surface area contributed by atoms with Gasteiger partial charge in [-0.15, -0.1) is 0 Å². The Kier molecular flexibility index (Phi) is 4.89. The molecule has 29 heavy (non-hydrogen) atoms. The molecular formula is C24H21FN2O2. The highest BCUT2D eigenvalue weighted by molar-refractivity contribution is 6.01. The van der Waals surface area contributed by atoms with Gasteiger partial charge in [0.1, 0.15) is 12.4 Å². The Morgan fingerprint density at radius 1 is 1.00 bits per heavy atom. The number of hydrogen-bond donors (Lipinski definition) is 1. The Bertz CT molecular complexity index is 1080. The Hall–Kier alpha value is -3.47. The third kappa shape index (κ3) is 3.76. The van der Waals surface area contributed by atoms with E-state index in [1.54, 1.807) is 6.07 Å². The summed E-state index contributed by atoms with van der Waals surface area (Å²) in [5.74, 6) is -0.994. The Balaban J connectivity index is 1.90. The zero-order valence-corrected chi connectivity index (χ0v) is 16.3. The number of carbonyl (C=O) groups is 2. The summed E-state index contributed by atoms with van der Waals surface area (Å²) in [6.45, 7) is 3.73. The third-order valence-electron chi connectivity index (χ3n) is 5.05. The van der Waals surface area contributed by atoms with Gasteiger partial charge in [0.2, 0.25) is 5.91 Å². The molecular weight excluding hydrogens is 367 g/mol. The summed E-state index contributed by atoms with van der Waals surface area (Å²) in [6.07, 6.45) is 0. The minimum absolute atomic E-state index is 0.123. The molecule has 1 heterocycles. The van der Waals surface area contributed by atoms with Gasteiger partial charge in [0, 0.05) is 16.8 Å². The lowest BCUT2D eigenvalue weighted by molar-refractivity contribution is -0.117. The summed E-state index contributed by atoms with van der Waals surface area (Å²) in [4.78, 5) is 27.6. The molecule has 3 aromatic carbocycles. The van der Waals surface area contributed by atoms with E-state index in [9.17, 15) is 14.0 Å². The van der Waals surface area contributed by atoms with Crippen LogP contribution in [0.15, 0.2) is 66.7 Å². The standard InChI is InChI=1S/C24H21FN2O2/c1-15-10-16(2)12-18(11-15)24(29)27-14-22(28)26-21-9-8-19(25)13-20(21)23(27)17-6-4-3-5-7-17/h3-13,23H,14H2,1-2H3,(H,26,28)/t23-/m1/s1. The van der Waals surface area contributed by atoms with Crippen molar-refractivity contribution in [3.63, 3.8) is 0 Å². The molecule has 2 amide bonds. The average molecular weight is 388 g/mol. The molecule has 0 fully saturated rings. The molecule has 146 valence electrons. The summed E-state index contributed by atoms with van der Waals surface area (Å²) >= 11 is 0. The Morgan fingerprint density at radius 2 is 1.69 bits per heavy atom. The first-order chi connectivity index (χ1) is 13.9. The second kappa shape index (κ2) is 7.51. The zero-order valence-electron chi connectivity index (χ0n) is 16.3. The van der Waals surface area contributed by atoms with Crippen LogP contribution in [0.4, 0.5) is 10.1 Å². The van der Waals surface area contributed by atoms with Crippen molar-refractivity contribution in [2.45, 2.75) is 19.9 Å². The number of aryl methyl sites for hydroxylation is 2. The predicted octanol–water partition coefficient (Wildman–Crippen LogP) is 4.63. The van der Waals surface area contributed by atoms with E-state index in [0.29, 0.717) is 16.8 Å². The van der Waals surface area contributed by atoms with Crippen LogP contribution in [0.25, 0.3) is 0 Å². The fourth-order valence-electron chi connectivity index (χ4n) is 3.93. The minimum atomic E-state index is -0.589. The molecule has 0 saturated heterocycles. The largest absolute Gasteiger partial charge is 0.324 e. The average Bonchev–Trinajstić information content (AvgIpc) is 2.83. The van der Waals surface area contributed by atoms with Gasteiger partial charge in [-0.25, -0.2) is 4.39 Å². The number of anilines is 1. The molecule has 4 nitrogen and oxygen atoms in total. The van der Waals surface area contributed by atoms with Crippen molar-refractivity contribution in [2.75, 3.05) is 11.9 Å². The van der Waals surface area contributed by atoms with Crippen molar-refractivity contribution in [1.82, 2.24) is 4.90 Å². The number of nitrogens with one attached hydrogen (secondary N) is 1. The molecule has 0 saturated carbocycles. The molecule has 4 rings (SSSR count). The molecule has 0 aliphatic carbocycles. The molecule has 0 spiro atoms. The lowest BCUT2D eigenvalue weighted by atomic mass is 9.95. The maximum atomic E-state index is 14.2. The van der Waals surface area contributed by atoms with E-state index in [4.69, 9.17) is 0 Å². The first-order valence-corrected chi connectivity index (χ1v) is 9.46. The van der Waals surface area contributed by atoms with Crippen LogP contribution in [-0.4, -0.2) is 23.3 Å². The van der Waals surface area contributed by atoms with Gasteiger partial charge in [0.15, 0.2) is 0 Å². The van der Waals surface area contributed by atoms with E-state index >= 15 is 0 Å². The molecule has 1 aliphatic rings. The van der Waals surface area contributed by atoms with Gasteiger partial charge in [0.05, 0.1) is 6.04 Å². The molecule has 3 aromatic rings. The first kappa shape index (κ1) is 18.9. The highest BCUT2D eigenvalue weighted by Gasteiger charge is 2.34. The Morgan fingerprint density at radius 3 is 2.38 bits per heavy atom. The van der Waals surface area contributed by atoms with Crippen LogP contribution in [0.1, 0.15) is 38.7 Å².